The molecule has 0 spiro atoms. The van der Waals surface area contributed by atoms with Gasteiger partial charge < -0.3 is 14.4 Å². The number of benzene rings is 2. The van der Waals surface area contributed by atoms with Crippen molar-refractivity contribution in [3.63, 3.8) is 0 Å². The summed E-state index contributed by atoms with van der Waals surface area (Å²) in [5.74, 6) is 0.578. The van der Waals surface area contributed by atoms with Crippen LogP contribution in [0, 0.1) is 0 Å². The minimum atomic E-state index is -0.640. The second kappa shape index (κ2) is 6.16. The van der Waals surface area contributed by atoms with E-state index in [0.717, 1.165) is 11.0 Å². The molecule has 0 aliphatic carbocycles. The summed E-state index contributed by atoms with van der Waals surface area (Å²) >= 11 is 6.01. The van der Waals surface area contributed by atoms with E-state index in [0.29, 0.717) is 17.3 Å². The Morgan fingerprint density at radius 1 is 1.14 bits per heavy atom. The second-order valence-corrected chi connectivity index (χ2v) is 5.19. The van der Waals surface area contributed by atoms with Crippen LogP contribution in [0.2, 0.25) is 5.02 Å². The number of imidazole rings is 1. The van der Waals surface area contributed by atoms with Gasteiger partial charge in [0, 0.05) is 0 Å². The van der Waals surface area contributed by atoms with E-state index >= 15 is 0 Å². The SMILES string of the molecule is O[C@@H](COc1ccccc1Cl)Cn1cnc2ccccc21. The van der Waals surface area contributed by atoms with Crippen LogP contribution in [-0.4, -0.2) is 27.4 Å². The van der Waals surface area contributed by atoms with Crippen molar-refractivity contribution >= 4 is 22.6 Å². The van der Waals surface area contributed by atoms with Crippen LogP contribution >= 0.6 is 11.6 Å². The first-order valence-corrected chi connectivity index (χ1v) is 7.07. The van der Waals surface area contributed by atoms with Crippen molar-refractivity contribution in [2.45, 2.75) is 12.6 Å². The van der Waals surface area contributed by atoms with Crippen LogP contribution < -0.4 is 4.74 Å². The van der Waals surface area contributed by atoms with Crippen molar-refractivity contribution in [1.29, 1.82) is 0 Å². The quantitative estimate of drug-likeness (QED) is 0.787. The number of rotatable bonds is 5. The summed E-state index contributed by atoms with van der Waals surface area (Å²) in [4.78, 5) is 4.29. The van der Waals surface area contributed by atoms with E-state index < -0.39 is 6.10 Å². The molecule has 0 saturated carbocycles. The number of ether oxygens (including phenoxy) is 1. The van der Waals surface area contributed by atoms with Crippen molar-refractivity contribution in [3.8, 4) is 5.75 Å². The summed E-state index contributed by atoms with van der Waals surface area (Å²) in [6.07, 6.45) is 1.09. The minimum absolute atomic E-state index is 0.177. The summed E-state index contributed by atoms with van der Waals surface area (Å²) in [5, 5.41) is 10.7. The van der Waals surface area contributed by atoms with Gasteiger partial charge in [0.25, 0.3) is 0 Å². The van der Waals surface area contributed by atoms with Crippen molar-refractivity contribution in [2.24, 2.45) is 0 Å². The average molecular weight is 303 g/mol. The largest absolute Gasteiger partial charge is 0.489 e. The molecule has 1 N–H and O–H groups in total. The molecular weight excluding hydrogens is 288 g/mol. The first-order valence-electron chi connectivity index (χ1n) is 6.69. The Hall–Kier alpha value is -2.04. The fraction of sp³-hybridized carbons (Fsp3) is 0.188. The van der Waals surface area contributed by atoms with Gasteiger partial charge in [-0.2, -0.15) is 0 Å². The zero-order chi connectivity index (χ0) is 14.7. The molecule has 2 aromatic carbocycles. The Bertz CT molecular complexity index is 742. The van der Waals surface area contributed by atoms with Crippen LogP contribution in [0.15, 0.2) is 54.9 Å². The summed E-state index contributed by atoms with van der Waals surface area (Å²) in [6.45, 7) is 0.598. The number of hydrogen-bond acceptors (Lipinski definition) is 3. The molecule has 1 heterocycles. The molecule has 3 aromatic rings. The number of aromatic nitrogens is 2. The van der Waals surface area contributed by atoms with Gasteiger partial charge in [-0.05, 0) is 24.3 Å². The monoisotopic (exact) mass is 302 g/mol. The lowest BCUT2D eigenvalue weighted by atomic mass is 10.3. The highest BCUT2D eigenvalue weighted by atomic mass is 35.5. The molecule has 0 fully saturated rings. The fourth-order valence-corrected chi connectivity index (χ4v) is 2.37. The predicted octanol–water partition coefficient (Wildman–Crippen LogP) is 3.13. The first kappa shape index (κ1) is 13.9. The first-order chi connectivity index (χ1) is 10.2. The molecule has 0 aliphatic heterocycles. The normalized spacial score (nSPS) is 12.5. The number of halogens is 1. The average Bonchev–Trinajstić information content (AvgIpc) is 2.90. The van der Waals surface area contributed by atoms with Gasteiger partial charge in [0.05, 0.1) is 28.9 Å². The molecule has 0 aliphatic rings. The zero-order valence-corrected chi connectivity index (χ0v) is 12.1. The molecule has 0 saturated heterocycles. The number of aliphatic hydroxyl groups is 1. The maximum absolute atomic E-state index is 10.1. The fourth-order valence-electron chi connectivity index (χ4n) is 2.18. The highest BCUT2D eigenvalue weighted by Crippen LogP contribution is 2.23. The molecule has 1 atom stereocenters. The third kappa shape index (κ3) is 3.17. The van der Waals surface area contributed by atoms with E-state index in [4.69, 9.17) is 16.3 Å². The third-order valence-corrected chi connectivity index (χ3v) is 3.51. The number of nitrogens with zero attached hydrogens (tertiary/aromatic N) is 2. The van der Waals surface area contributed by atoms with Crippen LogP contribution in [0.4, 0.5) is 0 Å². The maximum atomic E-state index is 10.1. The van der Waals surface area contributed by atoms with Crippen LogP contribution in [0.3, 0.4) is 0 Å². The molecule has 108 valence electrons. The summed E-state index contributed by atoms with van der Waals surface area (Å²) in [6, 6.07) is 15.0. The van der Waals surface area contributed by atoms with E-state index in [1.165, 1.54) is 0 Å². The van der Waals surface area contributed by atoms with E-state index in [-0.39, 0.29) is 6.61 Å². The maximum Gasteiger partial charge on any atom is 0.138 e. The Morgan fingerprint density at radius 2 is 1.90 bits per heavy atom. The predicted molar refractivity (Wildman–Crippen MR) is 82.7 cm³/mol. The molecule has 1 aromatic heterocycles. The van der Waals surface area contributed by atoms with Crippen molar-refractivity contribution in [1.82, 2.24) is 9.55 Å². The Balaban J connectivity index is 1.64. The van der Waals surface area contributed by atoms with Gasteiger partial charge in [-0.3, -0.25) is 0 Å². The van der Waals surface area contributed by atoms with Gasteiger partial charge in [-0.1, -0.05) is 35.9 Å². The molecular formula is C16H15ClN2O2. The molecule has 5 heteroatoms. The van der Waals surface area contributed by atoms with Crippen LogP contribution in [0.5, 0.6) is 5.75 Å². The van der Waals surface area contributed by atoms with Crippen LogP contribution in [-0.2, 0) is 6.54 Å². The molecule has 0 radical (unpaired) electrons. The smallest absolute Gasteiger partial charge is 0.138 e. The molecule has 21 heavy (non-hydrogen) atoms. The Kier molecular flexibility index (Phi) is 4.08. The summed E-state index contributed by atoms with van der Waals surface area (Å²) < 4.78 is 7.46. The number of aliphatic hydroxyl groups excluding tert-OH is 1. The van der Waals surface area contributed by atoms with Gasteiger partial charge in [-0.25, -0.2) is 4.98 Å². The lowest BCUT2D eigenvalue weighted by molar-refractivity contribution is 0.0935. The molecule has 3 rings (SSSR count). The lowest BCUT2D eigenvalue weighted by Gasteiger charge is -2.14. The van der Waals surface area contributed by atoms with E-state index in [2.05, 4.69) is 4.98 Å². The molecule has 0 unspecified atom stereocenters. The molecule has 0 amide bonds. The Labute approximate surface area is 127 Å². The summed E-state index contributed by atoms with van der Waals surface area (Å²) in [7, 11) is 0. The summed E-state index contributed by atoms with van der Waals surface area (Å²) in [5.41, 5.74) is 1.91. The van der Waals surface area contributed by atoms with Gasteiger partial charge in [0.15, 0.2) is 0 Å². The van der Waals surface area contributed by atoms with Gasteiger partial charge in [0.1, 0.15) is 18.5 Å². The van der Waals surface area contributed by atoms with Crippen molar-refractivity contribution in [3.05, 3.63) is 59.9 Å². The topological polar surface area (TPSA) is 47.3 Å². The van der Waals surface area contributed by atoms with E-state index in [9.17, 15) is 5.11 Å². The highest BCUT2D eigenvalue weighted by Gasteiger charge is 2.10. The standard InChI is InChI=1S/C16H15ClN2O2/c17-13-5-1-4-8-16(13)21-10-12(20)9-19-11-18-14-6-2-3-7-15(14)19/h1-8,11-12,20H,9-10H2/t12-/m1/s1. The van der Waals surface area contributed by atoms with Crippen molar-refractivity contribution < 1.29 is 9.84 Å². The zero-order valence-electron chi connectivity index (χ0n) is 11.3. The molecule has 4 nitrogen and oxygen atoms in total. The van der Waals surface area contributed by atoms with E-state index in [1.54, 1.807) is 18.5 Å². The molecule has 0 bridgehead atoms. The van der Waals surface area contributed by atoms with Crippen LogP contribution in [0.25, 0.3) is 11.0 Å². The minimum Gasteiger partial charge on any atom is -0.489 e. The van der Waals surface area contributed by atoms with Gasteiger partial charge >= 0.3 is 0 Å². The van der Waals surface area contributed by atoms with E-state index in [1.807, 2.05) is 41.0 Å². The second-order valence-electron chi connectivity index (χ2n) is 4.78. The Morgan fingerprint density at radius 3 is 2.76 bits per heavy atom. The van der Waals surface area contributed by atoms with Gasteiger partial charge in [-0.15, -0.1) is 0 Å². The number of fused-ring (bicyclic) bond motifs is 1. The highest BCUT2D eigenvalue weighted by molar-refractivity contribution is 6.32. The lowest BCUT2D eigenvalue weighted by Crippen LogP contribution is -2.23. The number of para-hydroxylation sites is 3. The van der Waals surface area contributed by atoms with Gasteiger partial charge in [0.2, 0.25) is 0 Å². The number of hydrogen-bond donors (Lipinski definition) is 1. The third-order valence-electron chi connectivity index (χ3n) is 3.20. The van der Waals surface area contributed by atoms with Crippen LogP contribution in [0.1, 0.15) is 0 Å². The van der Waals surface area contributed by atoms with Crippen molar-refractivity contribution in [2.75, 3.05) is 6.61 Å².